The van der Waals surface area contributed by atoms with Crippen molar-refractivity contribution < 1.29 is 0 Å². The van der Waals surface area contributed by atoms with Crippen LogP contribution in [0.1, 0.15) is 0 Å². The minimum atomic E-state index is 0.326. The Morgan fingerprint density at radius 3 is 3.00 bits per heavy atom. The van der Waals surface area contributed by atoms with Gasteiger partial charge in [-0.25, -0.2) is 0 Å². The molecule has 0 amide bonds. The first-order valence-corrected chi connectivity index (χ1v) is 4.83. The minimum absolute atomic E-state index is 0.326. The van der Waals surface area contributed by atoms with E-state index < -0.39 is 0 Å². The molecule has 1 rings (SSSR count). The van der Waals surface area contributed by atoms with E-state index in [0.717, 1.165) is 0 Å². The smallest absolute Gasteiger partial charge is 0.0521 e. The highest BCUT2D eigenvalue weighted by molar-refractivity contribution is 14.2. The van der Waals surface area contributed by atoms with Crippen molar-refractivity contribution in [2.45, 2.75) is 0 Å². The number of hydrogen-bond acceptors (Lipinski definition) is 2. The summed E-state index contributed by atoms with van der Waals surface area (Å²) in [7, 11) is 1.97. The Morgan fingerprint density at radius 2 is 2.71 bits per heavy atom. The third kappa shape index (κ3) is 1.54. The summed E-state index contributed by atoms with van der Waals surface area (Å²) in [4.78, 5) is 0. The number of alkyl halides is 1. The maximum absolute atomic E-state index is 4.01. The maximum atomic E-state index is 4.01. The van der Waals surface area contributed by atoms with E-state index in [0.29, 0.717) is 20.7 Å². The molecule has 0 fully saturated rings. The van der Waals surface area contributed by atoms with Crippen LogP contribution in [-0.4, -0.2) is 26.8 Å². The van der Waals surface area contributed by atoms with Crippen molar-refractivity contribution in [3.05, 3.63) is 0 Å². The SMILES string of the molecule is CN1C=ICC=N1. The van der Waals surface area contributed by atoms with Gasteiger partial charge < -0.3 is 0 Å². The lowest BCUT2D eigenvalue weighted by Crippen LogP contribution is -2.09. The molecule has 1 aliphatic heterocycles. The summed E-state index contributed by atoms with van der Waals surface area (Å²) in [5.74, 6) is 0. The van der Waals surface area contributed by atoms with Crippen molar-refractivity contribution in [1.82, 2.24) is 5.01 Å². The van der Waals surface area contributed by atoms with Crippen molar-refractivity contribution in [3.8, 4) is 0 Å². The van der Waals surface area contributed by atoms with Crippen LogP contribution in [0.4, 0.5) is 0 Å². The summed E-state index contributed by atoms with van der Waals surface area (Å²) < 4.78 is 3.39. The quantitative estimate of drug-likeness (QED) is 0.423. The molecule has 0 aromatic rings. The van der Waals surface area contributed by atoms with E-state index in [-0.39, 0.29) is 0 Å². The average Bonchev–Trinajstić information content (AvgIpc) is 1.69. The van der Waals surface area contributed by atoms with Crippen LogP contribution < -0.4 is 0 Å². The molecule has 7 heavy (non-hydrogen) atoms. The normalized spacial score (nSPS) is 19.3. The minimum Gasteiger partial charge on any atom is -0.271 e. The number of hydrogen-bond donors (Lipinski definition) is 0. The summed E-state index contributed by atoms with van der Waals surface area (Å²) in [5, 5.41) is 5.90. The topological polar surface area (TPSA) is 15.6 Å². The summed E-state index contributed by atoms with van der Waals surface area (Å²) in [6, 6.07) is 0. The fraction of sp³-hybridized carbons (Fsp3) is 0.500. The van der Waals surface area contributed by atoms with Crippen LogP contribution in [0.3, 0.4) is 0 Å². The molecule has 0 saturated heterocycles. The Bertz CT molecular complexity index is 96.3. The Hall–Kier alpha value is 0.0700. The van der Waals surface area contributed by atoms with Crippen molar-refractivity contribution in [2.24, 2.45) is 5.10 Å². The van der Waals surface area contributed by atoms with Crippen LogP contribution in [0, 0.1) is 0 Å². The summed E-state index contributed by atoms with van der Waals surface area (Å²) in [5.41, 5.74) is 0. The van der Waals surface area contributed by atoms with Gasteiger partial charge in [0.15, 0.2) is 0 Å². The predicted molar refractivity (Wildman–Crippen MR) is 41.2 cm³/mol. The maximum Gasteiger partial charge on any atom is 0.0521 e. The molecule has 0 N–H and O–H groups in total. The van der Waals surface area contributed by atoms with Crippen molar-refractivity contribution in [2.75, 3.05) is 11.5 Å². The Kier molecular flexibility index (Phi) is 1.78. The van der Waals surface area contributed by atoms with E-state index in [9.17, 15) is 0 Å². The van der Waals surface area contributed by atoms with Crippen molar-refractivity contribution >= 4 is 31.1 Å². The molecule has 1 heterocycles. The van der Waals surface area contributed by atoms with E-state index >= 15 is 0 Å². The lowest BCUT2D eigenvalue weighted by molar-refractivity contribution is 0.574. The predicted octanol–water partition coefficient (Wildman–Crippen LogP) is 0.648. The standard InChI is InChI=1S/C4H7IN2/c1-7-4-5-2-3-6-7/h3-4H,2H2,1H3. The number of halogens is 1. The lowest BCUT2D eigenvalue weighted by atomic mass is 10.9. The van der Waals surface area contributed by atoms with Crippen molar-refractivity contribution in [3.63, 3.8) is 0 Å². The highest BCUT2D eigenvalue weighted by Crippen LogP contribution is 1.97. The van der Waals surface area contributed by atoms with Crippen LogP contribution in [-0.2, 0) is 0 Å². The number of rotatable bonds is 0. The molecule has 3 heteroatoms. The first-order chi connectivity index (χ1) is 3.39. The van der Waals surface area contributed by atoms with Crippen LogP contribution >= 0.6 is 20.7 Å². The highest BCUT2D eigenvalue weighted by Gasteiger charge is 1.86. The summed E-state index contributed by atoms with van der Waals surface area (Å²) in [6.45, 7) is 0. The molecule has 1 aliphatic rings. The van der Waals surface area contributed by atoms with E-state index in [1.165, 1.54) is 4.43 Å². The molecule has 40 valence electrons. The van der Waals surface area contributed by atoms with Gasteiger partial charge in [0.1, 0.15) is 0 Å². The first kappa shape index (κ1) is 5.21. The molecule has 0 aliphatic carbocycles. The molecule has 0 aromatic heterocycles. The third-order valence-corrected chi connectivity index (χ3v) is 2.73. The first-order valence-electron chi connectivity index (χ1n) is 2.06. The van der Waals surface area contributed by atoms with Gasteiger partial charge in [-0.1, -0.05) is 20.7 Å². The number of hydrazone groups is 1. The zero-order valence-electron chi connectivity index (χ0n) is 4.13. The summed E-state index contributed by atoms with van der Waals surface area (Å²) in [6.07, 6.45) is 1.98. The van der Waals surface area contributed by atoms with Gasteiger partial charge in [-0.3, -0.25) is 5.01 Å². The molecule has 0 saturated carbocycles. The van der Waals surface area contributed by atoms with Crippen molar-refractivity contribution in [1.29, 1.82) is 0 Å². The van der Waals surface area contributed by atoms with Gasteiger partial charge in [0.2, 0.25) is 0 Å². The van der Waals surface area contributed by atoms with Crippen LogP contribution in [0.5, 0.6) is 0 Å². The van der Waals surface area contributed by atoms with E-state index in [4.69, 9.17) is 0 Å². The summed E-state index contributed by atoms with van der Waals surface area (Å²) >= 11 is 0.326. The Labute approximate surface area is 52.9 Å². The Morgan fingerprint density at radius 1 is 1.86 bits per heavy atom. The van der Waals surface area contributed by atoms with Gasteiger partial charge in [-0.05, 0) is 0 Å². The third-order valence-electron chi connectivity index (χ3n) is 0.632. The molecule has 0 spiro atoms. The van der Waals surface area contributed by atoms with Crippen LogP contribution in [0.25, 0.3) is 0 Å². The zero-order chi connectivity index (χ0) is 5.11. The zero-order valence-corrected chi connectivity index (χ0v) is 6.29. The van der Waals surface area contributed by atoms with E-state index in [1.54, 1.807) is 0 Å². The van der Waals surface area contributed by atoms with E-state index in [1.807, 2.05) is 18.3 Å². The fourth-order valence-electron chi connectivity index (χ4n) is 0.364. The van der Waals surface area contributed by atoms with Crippen LogP contribution in [0.2, 0.25) is 0 Å². The second-order valence-electron chi connectivity index (χ2n) is 1.28. The molecule has 0 radical (unpaired) electrons. The molecule has 0 atom stereocenters. The van der Waals surface area contributed by atoms with Gasteiger partial charge in [0.05, 0.1) is 4.14 Å². The number of nitrogens with zero attached hydrogens (tertiary/aromatic N) is 2. The van der Waals surface area contributed by atoms with Gasteiger partial charge in [0.25, 0.3) is 0 Å². The molecular formula is C4H7IN2. The van der Waals surface area contributed by atoms with Gasteiger partial charge in [0, 0.05) is 17.7 Å². The molecule has 0 unspecified atom stereocenters. The average molecular weight is 210 g/mol. The monoisotopic (exact) mass is 210 g/mol. The fourth-order valence-corrected chi connectivity index (χ4v) is 1.71. The molecule has 0 bridgehead atoms. The molecule has 2 nitrogen and oxygen atoms in total. The van der Waals surface area contributed by atoms with E-state index in [2.05, 4.69) is 9.24 Å². The van der Waals surface area contributed by atoms with Gasteiger partial charge in [-0.2, -0.15) is 5.10 Å². The molecular weight excluding hydrogens is 203 g/mol. The lowest BCUT2D eigenvalue weighted by Gasteiger charge is -2.06. The Balaban J connectivity index is 2.49. The highest BCUT2D eigenvalue weighted by atomic mass is 127. The van der Waals surface area contributed by atoms with Crippen LogP contribution in [0.15, 0.2) is 5.10 Å². The van der Waals surface area contributed by atoms with Gasteiger partial charge >= 0.3 is 0 Å². The molecule has 0 aromatic carbocycles. The van der Waals surface area contributed by atoms with Gasteiger partial charge in [-0.15, -0.1) is 0 Å². The second-order valence-corrected chi connectivity index (χ2v) is 3.60. The second kappa shape index (κ2) is 2.40. The largest absolute Gasteiger partial charge is 0.271 e.